The molecule has 0 aromatic heterocycles. The van der Waals surface area contributed by atoms with Crippen LogP contribution >= 0.6 is 7.37 Å². The molecule has 0 saturated carbocycles. The zero-order chi connectivity index (χ0) is 24.9. The van der Waals surface area contributed by atoms with Crippen LogP contribution in [-0.4, -0.2) is 41.2 Å². The number of aromatic hydroxyl groups is 1. The van der Waals surface area contributed by atoms with Crippen molar-refractivity contribution in [3.05, 3.63) is 63.7 Å². The number of aryl methyl sites for hydroxylation is 2. The first kappa shape index (κ1) is 26.6. The molecular formula is C25H34NO6P. The fraction of sp³-hybridized carbons (Fsp3) is 0.440. The monoisotopic (exact) mass is 475 g/mol. The summed E-state index contributed by atoms with van der Waals surface area (Å²) in [6.45, 7) is 10.8. The van der Waals surface area contributed by atoms with Gasteiger partial charge in [-0.05, 0) is 73.1 Å². The Balaban J connectivity index is 2.29. The van der Waals surface area contributed by atoms with E-state index in [1.807, 2.05) is 39.8 Å². The fourth-order valence-electron chi connectivity index (χ4n) is 3.82. The fourth-order valence-corrected chi connectivity index (χ4v) is 4.68. The van der Waals surface area contributed by atoms with Gasteiger partial charge in [0, 0.05) is 12.8 Å². The molecule has 0 heterocycles. The van der Waals surface area contributed by atoms with Crippen LogP contribution in [0.2, 0.25) is 0 Å². The number of rotatable bonds is 9. The van der Waals surface area contributed by atoms with Crippen molar-refractivity contribution in [2.75, 3.05) is 13.3 Å². The molecule has 0 aliphatic heterocycles. The summed E-state index contributed by atoms with van der Waals surface area (Å²) in [7, 11) is -3.17. The van der Waals surface area contributed by atoms with E-state index >= 15 is 0 Å². The zero-order valence-electron chi connectivity index (χ0n) is 20.1. The van der Waals surface area contributed by atoms with Crippen molar-refractivity contribution in [3.8, 4) is 5.75 Å². The number of amides is 1. The third kappa shape index (κ3) is 7.44. The lowest BCUT2D eigenvalue weighted by molar-refractivity contribution is -0.146. The highest BCUT2D eigenvalue weighted by Crippen LogP contribution is 2.40. The lowest BCUT2D eigenvalue weighted by Gasteiger charge is -2.21. The van der Waals surface area contributed by atoms with Crippen molar-refractivity contribution >= 4 is 19.2 Å². The van der Waals surface area contributed by atoms with Crippen LogP contribution in [0, 0.1) is 19.8 Å². The van der Waals surface area contributed by atoms with Gasteiger partial charge in [0.05, 0.1) is 12.2 Å². The molecule has 3 N–H and O–H groups in total. The van der Waals surface area contributed by atoms with E-state index in [9.17, 15) is 24.2 Å². The van der Waals surface area contributed by atoms with Crippen molar-refractivity contribution in [3.63, 3.8) is 0 Å². The Bertz CT molecular complexity index is 1050. The molecule has 0 aliphatic rings. The minimum Gasteiger partial charge on any atom is -0.507 e. The number of esters is 1. The van der Waals surface area contributed by atoms with Crippen LogP contribution in [0.5, 0.6) is 5.75 Å². The summed E-state index contributed by atoms with van der Waals surface area (Å²) in [6, 6.07) is 7.84. The molecule has 180 valence electrons. The number of ether oxygens (including phenoxy) is 1. The Labute approximate surface area is 195 Å². The predicted octanol–water partition coefficient (Wildman–Crippen LogP) is 4.32. The molecule has 0 radical (unpaired) electrons. The van der Waals surface area contributed by atoms with Gasteiger partial charge in [0.1, 0.15) is 11.8 Å². The molecule has 0 bridgehead atoms. The third-order valence-electron chi connectivity index (χ3n) is 5.41. The van der Waals surface area contributed by atoms with Crippen molar-refractivity contribution in [2.45, 2.75) is 53.2 Å². The molecule has 0 spiro atoms. The molecule has 0 saturated heterocycles. The maximum Gasteiger partial charge on any atom is 0.328 e. The van der Waals surface area contributed by atoms with E-state index in [1.54, 1.807) is 19.1 Å². The van der Waals surface area contributed by atoms with Gasteiger partial charge in [0.15, 0.2) is 0 Å². The molecule has 1 amide bonds. The second kappa shape index (κ2) is 11.0. The molecule has 8 heteroatoms. The second-order valence-corrected chi connectivity index (χ2v) is 11.3. The number of phenols is 1. The summed E-state index contributed by atoms with van der Waals surface area (Å²) >= 11 is 0. The zero-order valence-corrected chi connectivity index (χ0v) is 21.0. The normalized spacial score (nSPS) is 13.9. The molecule has 7 nitrogen and oxygen atoms in total. The van der Waals surface area contributed by atoms with Crippen LogP contribution in [0.3, 0.4) is 0 Å². The molecule has 2 atom stereocenters. The molecule has 33 heavy (non-hydrogen) atoms. The first-order valence-corrected chi connectivity index (χ1v) is 13.3. The van der Waals surface area contributed by atoms with E-state index in [4.69, 9.17) is 4.74 Å². The number of carbonyl (C=O) groups is 2. The van der Waals surface area contributed by atoms with E-state index in [-0.39, 0.29) is 30.0 Å². The number of phenolic OH excluding ortho intramolecular Hbond substituents is 1. The average molecular weight is 476 g/mol. The Morgan fingerprint density at radius 1 is 1.09 bits per heavy atom. The Morgan fingerprint density at radius 2 is 1.70 bits per heavy atom. The van der Waals surface area contributed by atoms with Crippen molar-refractivity contribution in [1.29, 1.82) is 0 Å². The van der Waals surface area contributed by atoms with Crippen molar-refractivity contribution in [2.24, 2.45) is 5.92 Å². The SMILES string of the molecule is CCOC(=O)[C@@H](NC(=O)c1cc(Cc2c(C)cc(CP(C)(=O)O)cc2C)ccc1O)C(C)C. The smallest absolute Gasteiger partial charge is 0.328 e. The molecular weight excluding hydrogens is 441 g/mol. The summed E-state index contributed by atoms with van der Waals surface area (Å²) in [5.74, 6) is -1.42. The van der Waals surface area contributed by atoms with Crippen LogP contribution in [0.15, 0.2) is 30.3 Å². The first-order chi connectivity index (χ1) is 15.3. The summed E-state index contributed by atoms with van der Waals surface area (Å²) in [5, 5.41) is 13.0. The van der Waals surface area contributed by atoms with E-state index < -0.39 is 25.3 Å². The van der Waals surface area contributed by atoms with Gasteiger partial charge in [0.25, 0.3) is 5.91 Å². The summed E-state index contributed by atoms with van der Waals surface area (Å²) in [6.07, 6.45) is 0.642. The molecule has 2 aromatic rings. The highest BCUT2D eigenvalue weighted by molar-refractivity contribution is 7.56. The molecule has 1 unspecified atom stereocenters. The van der Waals surface area contributed by atoms with Gasteiger partial charge in [-0.2, -0.15) is 0 Å². The van der Waals surface area contributed by atoms with Crippen LogP contribution < -0.4 is 5.32 Å². The standard InChI is InChI=1S/C25H34NO6P/c1-7-32-25(29)23(15(2)3)26-24(28)21-13-18(8-9-22(21)27)12-20-16(4)10-19(11-17(20)5)14-33(6,30)31/h8-11,13,15,23,27H,7,12,14H2,1-6H3,(H,26,28)(H,30,31)/t23-/m0/s1. The lowest BCUT2D eigenvalue weighted by atomic mass is 9.93. The van der Waals surface area contributed by atoms with E-state index in [0.717, 1.165) is 27.8 Å². The first-order valence-electron chi connectivity index (χ1n) is 11.0. The number of carbonyl (C=O) groups excluding carboxylic acids is 2. The largest absolute Gasteiger partial charge is 0.507 e. The van der Waals surface area contributed by atoms with Gasteiger partial charge in [-0.3, -0.25) is 9.36 Å². The minimum atomic E-state index is -3.17. The average Bonchev–Trinajstić information content (AvgIpc) is 2.68. The Kier molecular flexibility index (Phi) is 8.87. The third-order valence-corrected chi connectivity index (χ3v) is 6.36. The Morgan fingerprint density at radius 3 is 2.21 bits per heavy atom. The highest BCUT2D eigenvalue weighted by atomic mass is 31.2. The van der Waals surface area contributed by atoms with Crippen molar-refractivity contribution in [1.82, 2.24) is 5.32 Å². The molecule has 0 aliphatic carbocycles. The lowest BCUT2D eigenvalue weighted by Crippen LogP contribution is -2.45. The van der Waals surface area contributed by atoms with Gasteiger partial charge < -0.3 is 20.1 Å². The van der Waals surface area contributed by atoms with Gasteiger partial charge in [-0.1, -0.05) is 32.0 Å². The molecule has 0 fully saturated rings. The summed E-state index contributed by atoms with van der Waals surface area (Å²) < 4.78 is 16.8. The topological polar surface area (TPSA) is 113 Å². The highest BCUT2D eigenvalue weighted by Gasteiger charge is 2.27. The van der Waals surface area contributed by atoms with Crippen LogP contribution in [0.4, 0.5) is 0 Å². The van der Waals surface area contributed by atoms with E-state index in [0.29, 0.717) is 6.42 Å². The summed E-state index contributed by atoms with van der Waals surface area (Å²) in [5.41, 5.74) is 4.73. The predicted molar refractivity (Wildman–Crippen MR) is 129 cm³/mol. The maximum atomic E-state index is 12.9. The second-order valence-electron chi connectivity index (χ2n) is 8.89. The minimum absolute atomic E-state index is 0.0848. The van der Waals surface area contributed by atoms with Gasteiger partial charge in [-0.25, -0.2) is 4.79 Å². The van der Waals surface area contributed by atoms with Gasteiger partial charge in [-0.15, -0.1) is 0 Å². The van der Waals surface area contributed by atoms with E-state index in [2.05, 4.69) is 5.32 Å². The number of benzene rings is 2. The van der Waals surface area contributed by atoms with Crippen molar-refractivity contribution < 1.29 is 28.9 Å². The summed E-state index contributed by atoms with van der Waals surface area (Å²) in [4.78, 5) is 34.8. The van der Waals surface area contributed by atoms with E-state index in [1.165, 1.54) is 12.7 Å². The number of hydrogen-bond donors (Lipinski definition) is 3. The number of nitrogens with one attached hydrogen (secondary N) is 1. The van der Waals surface area contributed by atoms with Crippen LogP contribution in [0.1, 0.15) is 58.9 Å². The van der Waals surface area contributed by atoms with Crippen LogP contribution in [0.25, 0.3) is 0 Å². The van der Waals surface area contributed by atoms with Gasteiger partial charge >= 0.3 is 5.97 Å². The van der Waals surface area contributed by atoms with Gasteiger partial charge in [0.2, 0.25) is 7.37 Å². The quantitative estimate of drug-likeness (QED) is 0.368. The number of hydrogen-bond acceptors (Lipinski definition) is 5. The maximum absolute atomic E-state index is 12.9. The molecule has 2 aromatic carbocycles. The molecule has 2 rings (SSSR count). The Hall–Kier alpha value is -2.63. The van der Waals surface area contributed by atoms with Crippen LogP contribution in [-0.2, 0) is 26.7 Å².